The molecule has 0 aliphatic heterocycles. The third-order valence-corrected chi connectivity index (χ3v) is 7.40. The van der Waals surface area contributed by atoms with Gasteiger partial charge in [-0.3, -0.25) is 14.9 Å². The number of aromatic amines is 1. The Morgan fingerprint density at radius 3 is 2.63 bits per heavy atom. The third kappa shape index (κ3) is 5.07. The fraction of sp³-hybridized carbons (Fsp3) is 0.267. The van der Waals surface area contributed by atoms with Gasteiger partial charge in [0.25, 0.3) is 5.91 Å². The Balaban J connectivity index is 1.34. The first-order valence-corrected chi connectivity index (χ1v) is 13.6. The molecule has 6 rings (SSSR count). The number of nitrogen functional groups attached to an aromatic ring is 1. The molecule has 0 unspecified atom stereocenters. The number of pyridine rings is 1. The summed E-state index contributed by atoms with van der Waals surface area (Å²) in [5, 5.41) is 22.5. The van der Waals surface area contributed by atoms with Gasteiger partial charge in [0.15, 0.2) is 5.65 Å². The number of carbonyl (C=O) groups excluding carboxylic acids is 1. The third-order valence-electron chi connectivity index (χ3n) is 7.40. The van der Waals surface area contributed by atoms with Crippen molar-refractivity contribution in [2.45, 2.75) is 51.2 Å². The highest BCUT2D eigenvalue weighted by atomic mass is 16.3. The maximum atomic E-state index is 13.1. The fourth-order valence-corrected chi connectivity index (χ4v) is 5.18. The monoisotopic (exact) mass is 549 g/mol. The number of nitrogens with one attached hydrogen (secondary N) is 1. The molecule has 1 amide bonds. The van der Waals surface area contributed by atoms with E-state index in [0.29, 0.717) is 17.2 Å². The summed E-state index contributed by atoms with van der Waals surface area (Å²) in [4.78, 5) is 28.2. The Morgan fingerprint density at radius 1 is 1.17 bits per heavy atom. The number of anilines is 1. The van der Waals surface area contributed by atoms with E-state index in [0.717, 1.165) is 40.8 Å². The van der Waals surface area contributed by atoms with E-state index in [4.69, 9.17) is 10.7 Å². The molecule has 1 fully saturated rings. The van der Waals surface area contributed by atoms with Crippen LogP contribution < -0.4 is 5.73 Å². The molecular weight excluding hydrogens is 518 g/mol. The molecule has 1 saturated carbocycles. The highest BCUT2D eigenvalue weighted by Gasteiger charge is 2.34. The number of aliphatic hydroxyl groups excluding tert-OH is 1. The minimum absolute atomic E-state index is 0.127. The van der Waals surface area contributed by atoms with Gasteiger partial charge < -0.3 is 15.7 Å². The van der Waals surface area contributed by atoms with Crippen LogP contribution in [0, 0.1) is 0 Å². The average molecular weight is 550 g/mol. The maximum Gasteiger partial charge on any atom is 0.295 e. The molecule has 0 radical (unpaired) electrons. The largest absolute Gasteiger partial charge is 0.387 e. The van der Waals surface area contributed by atoms with Crippen LogP contribution in [0.3, 0.4) is 0 Å². The summed E-state index contributed by atoms with van der Waals surface area (Å²) in [6.45, 7) is 3.70. The number of aromatic nitrogens is 7. The SMILES string of the molecule is C/C=C\N(C(=O)c1ncn[nH]1)[C@H](C)C[C@@H](O)c1nc2c(-c3ccc(-c4ccccc4)nc3)cnn2c(N)c1C1CC1. The summed E-state index contributed by atoms with van der Waals surface area (Å²) in [5.41, 5.74) is 12.1. The van der Waals surface area contributed by atoms with Crippen molar-refractivity contribution >= 4 is 17.4 Å². The predicted molar refractivity (Wildman–Crippen MR) is 154 cm³/mol. The van der Waals surface area contributed by atoms with E-state index < -0.39 is 6.10 Å². The van der Waals surface area contributed by atoms with Gasteiger partial charge in [-0.25, -0.2) is 9.97 Å². The molecule has 0 spiro atoms. The number of aliphatic hydroxyl groups is 1. The highest BCUT2D eigenvalue weighted by Crippen LogP contribution is 2.46. The van der Waals surface area contributed by atoms with Crippen LogP contribution in [0.2, 0.25) is 0 Å². The molecule has 4 N–H and O–H groups in total. The molecule has 0 saturated heterocycles. The number of H-pyrrole nitrogens is 1. The fourth-order valence-electron chi connectivity index (χ4n) is 5.18. The van der Waals surface area contributed by atoms with Crippen molar-refractivity contribution in [2.75, 3.05) is 5.73 Å². The number of amides is 1. The normalized spacial score (nSPS) is 14.9. The van der Waals surface area contributed by atoms with Crippen molar-refractivity contribution in [2.24, 2.45) is 0 Å². The lowest BCUT2D eigenvalue weighted by Crippen LogP contribution is -2.36. The first kappa shape index (κ1) is 26.3. The Bertz CT molecular complexity index is 1690. The number of nitrogens with two attached hydrogens (primary N) is 1. The molecule has 5 aromatic rings. The smallest absolute Gasteiger partial charge is 0.295 e. The Kier molecular flexibility index (Phi) is 7.02. The lowest BCUT2D eigenvalue weighted by atomic mass is 9.99. The molecule has 0 bridgehead atoms. The number of allylic oxidation sites excluding steroid dienone is 1. The molecular formula is C30H31N9O2. The minimum Gasteiger partial charge on any atom is -0.387 e. The van der Waals surface area contributed by atoms with Crippen LogP contribution in [-0.2, 0) is 0 Å². The van der Waals surface area contributed by atoms with Gasteiger partial charge in [-0.15, -0.1) is 0 Å². The number of carbonyl (C=O) groups is 1. The van der Waals surface area contributed by atoms with Crippen molar-refractivity contribution in [1.82, 2.24) is 39.7 Å². The van der Waals surface area contributed by atoms with Gasteiger partial charge in [-0.1, -0.05) is 42.5 Å². The summed E-state index contributed by atoms with van der Waals surface area (Å²) >= 11 is 0. The number of rotatable bonds is 9. The summed E-state index contributed by atoms with van der Waals surface area (Å²) in [5.74, 6) is 0.481. The van der Waals surface area contributed by atoms with Gasteiger partial charge in [0, 0.05) is 40.7 Å². The van der Waals surface area contributed by atoms with Crippen LogP contribution in [0.1, 0.15) is 67.0 Å². The zero-order chi connectivity index (χ0) is 28.5. The van der Waals surface area contributed by atoms with Gasteiger partial charge in [0.2, 0.25) is 5.82 Å². The van der Waals surface area contributed by atoms with Crippen LogP contribution in [-0.4, -0.2) is 56.7 Å². The van der Waals surface area contributed by atoms with E-state index in [2.05, 4.69) is 25.3 Å². The lowest BCUT2D eigenvalue weighted by molar-refractivity contribution is 0.0698. The van der Waals surface area contributed by atoms with Crippen molar-refractivity contribution in [3.63, 3.8) is 0 Å². The molecule has 11 nitrogen and oxygen atoms in total. The molecule has 1 aliphatic carbocycles. The number of fused-ring (bicyclic) bond motifs is 1. The van der Waals surface area contributed by atoms with Crippen LogP contribution in [0.15, 0.2) is 73.5 Å². The zero-order valence-corrected chi connectivity index (χ0v) is 22.8. The summed E-state index contributed by atoms with van der Waals surface area (Å²) in [6, 6.07) is 13.6. The maximum absolute atomic E-state index is 13.1. The van der Waals surface area contributed by atoms with Gasteiger partial charge in [-0.2, -0.15) is 14.7 Å². The van der Waals surface area contributed by atoms with Crippen molar-refractivity contribution < 1.29 is 9.90 Å². The number of hydrogen-bond donors (Lipinski definition) is 3. The highest BCUT2D eigenvalue weighted by molar-refractivity contribution is 5.91. The topological polar surface area (TPSA) is 151 Å². The molecule has 1 aliphatic rings. The van der Waals surface area contributed by atoms with Crippen LogP contribution in [0.25, 0.3) is 28.0 Å². The van der Waals surface area contributed by atoms with E-state index in [9.17, 15) is 9.90 Å². The molecule has 4 heterocycles. The second-order valence-corrected chi connectivity index (χ2v) is 10.3. The quantitative estimate of drug-likeness (QED) is 0.243. The van der Waals surface area contributed by atoms with Crippen molar-refractivity contribution in [1.29, 1.82) is 0 Å². The first-order chi connectivity index (χ1) is 20.0. The van der Waals surface area contributed by atoms with Gasteiger partial charge >= 0.3 is 0 Å². The molecule has 41 heavy (non-hydrogen) atoms. The summed E-state index contributed by atoms with van der Waals surface area (Å²) in [6.07, 6.45) is 9.49. The van der Waals surface area contributed by atoms with Gasteiger partial charge in [0.1, 0.15) is 12.1 Å². The Labute approximate surface area is 236 Å². The average Bonchev–Trinajstić information content (AvgIpc) is 3.49. The van der Waals surface area contributed by atoms with E-state index >= 15 is 0 Å². The predicted octanol–water partition coefficient (Wildman–Crippen LogP) is 4.52. The number of hydrogen-bond acceptors (Lipinski definition) is 8. The summed E-state index contributed by atoms with van der Waals surface area (Å²) < 4.78 is 1.65. The van der Waals surface area contributed by atoms with E-state index in [1.54, 1.807) is 29.2 Å². The lowest BCUT2D eigenvalue weighted by Gasteiger charge is -2.27. The second kappa shape index (κ2) is 10.9. The van der Waals surface area contributed by atoms with E-state index in [1.807, 2.05) is 56.3 Å². The van der Waals surface area contributed by atoms with E-state index in [-0.39, 0.29) is 30.1 Å². The summed E-state index contributed by atoms with van der Waals surface area (Å²) in [7, 11) is 0. The Morgan fingerprint density at radius 2 is 1.98 bits per heavy atom. The molecule has 1 aromatic carbocycles. The zero-order valence-electron chi connectivity index (χ0n) is 22.8. The standard InChI is InChI=1S/C30H31N9O2/c1-3-13-38(30(41)28-33-17-34-37-28)18(2)14-24(40)26-25(20-9-10-20)27(31)39-29(36-26)22(16-35-39)21-11-12-23(32-15-21)19-7-5-4-6-8-19/h3-8,11-13,15-18,20,24,40H,9-10,14,31H2,1-2H3,(H,33,34,37)/b13-3-/t18-,24-/m1/s1. The van der Waals surface area contributed by atoms with Crippen LogP contribution in [0.4, 0.5) is 5.82 Å². The van der Waals surface area contributed by atoms with Crippen LogP contribution >= 0.6 is 0 Å². The Hall–Kier alpha value is -4.90. The van der Waals surface area contributed by atoms with Gasteiger partial charge in [-0.05, 0) is 45.1 Å². The first-order valence-electron chi connectivity index (χ1n) is 13.6. The molecule has 208 valence electrons. The minimum atomic E-state index is -0.968. The second-order valence-electron chi connectivity index (χ2n) is 10.3. The number of nitrogens with zero attached hydrogens (tertiary/aromatic N) is 7. The number of benzene rings is 1. The van der Waals surface area contributed by atoms with Gasteiger partial charge in [0.05, 0.1) is 23.7 Å². The van der Waals surface area contributed by atoms with Crippen molar-refractivity contribution in [3.05, 3.63) is 90.5 Å². The molecule has 11 heteroatoms. The van der Waals surface area contributed by atoms with Crippen LogP contribution in [0.5, 0.6) is 0 Å². The van der Waals surface area contributed by atoms with E-state index in [1.165, 1.54) is 11.2 Å². The molecule has 4 aromatic heterocycles. The van der Waals surface area contributed by atoms with Crippen molar-refractivity contribution in [3.8, 4) is 22.4 Å². The molecule has 2 atom stereocenters.